The van der Waals surface area contributed by atoms with Crippen molar-refractivity contribution in [2.75, 3.05) is 0 Å². The average molecular weight is 337 g/mol. The lowest BCUT2D eigenvalue weighted by Gasteiger charge is -2.07. The summed E-state index contributed by atoms with van der Waals surface area (Å²) in [6.07, 6.45) is 0. The molecule has 0 saturated heterocycles. The number of oxazole rings is 1. The lowest BCUT2D eigenvalue weighted by molar-refractivity contribution is 0.0945. The zero-order chi connectivity index (χ0) is 18.0. The van der Waals surface area contributed by atoms with Crippen molar-refractivity contribution in [1.82, 2.24) is 15.3 Å². The number of hydrogen-bond acceptors (Lipinski definition) is 4. The van der Waals surface area contributed by atoms with Crippen molar-refractivity contribution in [2.24, 2.45) is 0 Å². The molecule has 0 fully saturated rings. The van der Waals surface area contributed by atoms with Crippen molar-refractivity contribution < 1.29 is 9.21 Å². The lowest BCUT2D eigenvalue weighted by Crippen LogP contribution is -2.28. The van der Waals surface area contributed by atoms with Gasteiger partial charge < -0.3 is 14.7 Å². The van der Waals surface area contributed by atoms with E-state index < -0.39 is 0 Å². The molecule has 1 amide bonds. The molecule has 1 aromatic carbocycles. The number of aromatic amines is 1. The summed E-state index contributed by atoms with van der Waals surface area (Å²) < 4.78 is 5.60. The average Bonchev–Trinajstić information content (AvgIpc) is 2.96. The van der Waals surface area contributed by atoms with Crippen LogP contribution in [0.1, 0.15) is 33.1 Å². The molecule has 0 aliphatic rings. The predicted octanol–water partition coefficient (Wildman–Crippen LogP) is 2.89. The van der Waals surface area contributed by atoms with Crippen LogP contribution in [0, 0.1) is 20.8 Å². The summed E-state index contributed by atoms with van der Waals surface area (Å²) in [4.78, 5) is 31.5. The van der Waals surface area contributed by atoms with Gasteiger partial charge in [0.2, 0.25) is 5.89 Å². The fourth-order valence-corrected chi connectivity index (χ4v) is 2.66. The van der Waals surface area contributed by atoms with E-state index >= 15 is 0 Å². The zero-order valence-corrected chi connectivity index (χ0v) is 14.3. The molecule has 0 aliphatic heterocycles. The number of carbonyl (C=O) groups excluding carboxylic acids is 1. The third kappa shape index (κ3) is 3.52. The Morgan fingerprint density at radius 3 is 2.60 bits per heavy atom. The highest BCUT2D eigenvalue weighted by Gasteiger charge is 2.18. The number of amides is 1. The molecule has 0 atom stereocenters. The summed E-state index contributed by atoms with van der Waals surface area (Å²) in [7, 11) is 0. The number of hydrogen-bond donors (Lipinski definition) is 2. The quantitative estimate of drug-likeness (QED) is 0.766. The minimum absolute atomic E-state index is 0.132. The van der Waals surface area contributed by atoms with E-state index in [9.17, 15) is 9.59 Å². The molecule has 25 heavy (non-hydrogen) atoms. The van der Waals surface area contributed by atoms with Crippen molar-refractivity contribution in [3.63, 3.8) is 0 Å². The van der Waals surface area contributed by atoms with Crippen LogP contribution in [0.3, 0.4) is 0 Å². The van der Waals surface area contributed by atoms with Crippen molar-refractivity contribution in [3.05, 3.63) is 75.0 Å². The number of nitrogens with one attached hydrogen (secondary N) is 2. The summed E-state index contributed by atoms with van der Waals surface area (Å²) in [5.41, 5.74) is 2.99. The van der Waals surface area contributed by atoms with Crippen molar-refractivity contribution in [1.29, 1.82) is 0 Å². The Morgan fingerprint density at radius 1 is 1.20 bits per heavy atom. The SMILES string of the molecule is Cc1cc(C)c(CNC(=O)c2nc(-c3ccccc3)oc2C)c(=O)[nH]1. The van der Waals surface area contributed by atoms with Gasteiger partial charge in [-0.2, -0.15) is 0 Å². The molecule has 0 saturated carbocycles. The normalized spacial score (nSPS) is 10.7. The molecule has 6 heteroatoms. The molecule has 128 valence electrons. The van der Waals surface area contributed by atoms with Crippen LogP contribution in [0.2, 0.25) is 0 Å². The molecular formula is C19H19N3O3. The summed E-state index contributed by atoms with van der Waals surface area (Å²) in [5, 5.41) is 2.74. The second-order valence-corrected chi connectivity index (χ2v) is 5.92. The maximum atomic E-state index is 12.4. The van der Waals surface area contributed by atoms with E-state index in [4.69, 9.17) is 4.42 Å². The summed E-state index contributed by atoms with van der Waals surface area (Å²) in [6, 6.07) is 11.2. The topological polar surface area (TPSA) is 88.0 Å². The molecule has 0 unspecified atom stereocenters. The monoisotopic (exact) mass is 337 g/mol. The van der Waals surface area contributed by atoms with Crippen molar-refractivity contribution >= 4 is 5.91 Å². The highest BCUT2D eigenvalue weighted by Crippen LogP contribution is 2.21. The van der Waals surface area contributed by atoms with Gasteiger partial charge in [-0.3, -0.25) is 9.59 Å². The summed E-state index contributed by atoms with van der Waals surface area (Å²) >= 11 is 0. The largest absolute Gasteiger partial charge is 0.441 e. The fraction of sp³-hybridized carbons (Fsp3) is 0.211. The number of carbonyl (C=O) groups is 1. The van der Waals surface area contributed by atoms with E-state index in [1.54, 1.807) is 6.92 Å². The van der Waals surface area contributed by atoms with Crippen molar-refractivity contribution in [2.45, 2.75) is 27.3 Å². The maximum Gasteiger partial charge on any atom is 0.273 e. The molecule has 2 aromatic heterocycles. The van der Waals surface area contributed by atoms with Crippen molar-refractivity contribution in [3.8, 4) is 11.5 Å². The minimum Gasteiger partial charge on any atom is -0.441 e. The van der Waals surface area contributed by atoms with Gasteiger partial charge in [0.25, 0.3) is 11.5 Å². The van der Waals surface area contributed by atoms with E-state index in [-0.39, 0.29) is 23.7 Å². The van der Waals surface area contributed by atoms with E-state index in [1.807, 2.05) is 50.2 Å². The molecular weight excluding hydrogens is 318 g/mol. The Balaban J connectivity index is 1.79. The third-order valence-corrected chi connectivity index (χ3v) is 3.95. The molecule has 2 heterocycles. The zero-order valence-electron chi connectivity index (χ0n) is 14.3. The van der Waals surface area contributed by atoms with Crippen LogP contribution in [-0.2, 0) is 6.54 Å². The molecule has 0 bridgehead atoms. The highest BCUT2D eigenvalue weighted by molar-refractivity contribution is 5.93. The Labute approximate surface area is 144 Å². The van der Waals surface area contributed by atoms with Gasteiger partial charge in [0.1, 0.15) is 5.76 Å². The number of rotatable bonds is 4. The van der Waals surface area contributed by atoms with Crippen LogP contribution >= 0.6 is 0 Å². The van der Waals surface area contributed by atoms with Gasteiger partial charge in [-0.1, -0.05) is 18.2 Å². The van der Waals surface area contributed by atoms with Gasteiger partial charge in [-0.15, -0.1) is 0 Å². The first-order chi connectivity index (χ1) is 12.0. The molecule has 6 nitrogen and oxygen atoms in total. The third-order valence-electron chi connectivity index (χ3n) is 3.95. The van der Waals surface area contributed by atoms with Gasteiger partial charge in [0.15, 0.2) is 5.69 Å². The Bertz CT molecular complexity index is 971. The van der Waals surface area contributed by atoms with E-state index in [1.165, 1.54) is 0 Å². The van der Waals surface area contributed by atoms with Gasteiger partial charge in [-0.05, 0) is 44.5 Å². The first-order valence-corrected chi connectivity index (χ1v) is 7.96. The predicted molar refractivity (Wildman–Crippen MR) is 94.4 cm³/mol. The second kappa shape index (κ2) is 6.76. The van der Waals surface area contributed by atoms with Crippen LogP contribution in [0.25, 0.3) is 11.5 Å². The van der Waals surface area contributed by atoms with Gasteiger partial charge in [0.05, 0.1) is 0 Å². The molecule has 2 N–H and O–H groups in total. The van der Waals surface area contributed by atoms with Crippen LogP contribution in [0.4, 0.5) is 0 Å². The Kier molecular flexibility index (Phi) is 4.52. The van der Waals surface area contributed by atoms with Gasteiger partial charge >= 0.3 is 0 Å². The van der Waals surface area contributed by atoms with Crippen LogP contribution in [0.5, 0.6) is 0 Å². The number of aromatic nitrogens is 2. The van der Waals surface area contributed by atoms with E-state index in [0.29, 0.717) is 17.2 Å². The van der Waals surface area contributed by atoms with Crippen LogP contribution < -0.4 is 10.9 Å². The van der Waals surface area contributed by atoms with E-state index in [0.717, 1.165) is 16.8 Å². The number of nitrogens with zero attached hydrogens (tertiary/aromatic N) is 1. The molecule has 0 spiro atoms. The number of pyridine rings is 1. The molecule has 0 radical (unpaired) electrons. The summed E-state index contributed by atoms with van der Waals surface area (Å²) in [5.74, 6) is 0.460. The number of benzene rings is 1. The highest BCUT2D eigenvalue weighted by atomic mass is 16.4. The number of H-pyrrole nitrogens is 1. The van der Waals surface area contributed by atoms with Gasteiger partial charge in [-0.25, -0.2) is 4.98 Å². The first-order valence-electron chi connectivity index (χ1n) is 7.96. The fourth-order valence-electron chi connectivity index (χ4n) is 2.66. The minimum atomic E-state index is -0.372. The van der Waals surface area contributed by atoms with Gasteiger partial charge in [0, 0.05) is 23.4 Å². The first kappa shape index (κ1) is 16.7. The summed E-state index contributed by atoms with van der Waals surface area (Å²) in [6.45, 7) is 5.49. The second-order valence-electron chi connectivity index (χ2n) is 5.92. The van der Waals surface area contributed by atoms with Crippen LogP contribution in [0.15, 0.2) is 45.6 Å². The smallest absolute Gasteiger partial charge is 0.273 e. The Morgan fingerprint density at radius 2 is 1.92 bits per heavy atom. The number of aryl methyl sites for hydroxylation is 3. The Hall–Kier alpha value is -3.15. The molecule has 0 aliphatic carbocycles. The molecule has 3 rings (SSSR count). The molecule has 3 aromatic rings. The maximum absolute atomic E-state index is 12.4. The van der Waals surface area contributed by atoms with Crippen LogP contribution in [-0.4, -0.2) is 15.9 Å². The van der Waals surface area contributed by atoms with E-state index in [2.05, 4.69) is 15.3 Å². The standard InChI is InChI=1S/C19H19N3O3/c1-11-9-12(2)21-17(23)15(11)10-20-18(24)16-13(3)25-19(22-16)14-7-5-4-6-8-14/h4-9H,10H2,1-3H3,(H,20,24)(H,21,23). The lowest BCUT2D eigenvalue weighted by atomic mass is 10.1.